The minimum atomic E-state index is -4.47. The molecule has 7 heteroatoms. The first kappa shape index (κ1) is 13.0. The number of amides is 2. The maximum Gasteiger partial charge on any atom is 0.417 e. The third-order valence-corrected chi connectivity index (χ3v) is 1.89. The summed E-state index contributed by atoms with van der Waals surface area (Å²) in [7, 11) is 0. The van der Waals surface area contributed by atoms with Crippen molar-refractivity contribution in [2.45, 2.75) is 13.1 Å². The molecule has 0 aliphatic carbocycles. The Morgan fingerprint density at radius 3 is 2.65 bits per heavy atom. The number of urea groups is 1. The number of nitrogens with one attached hydrogen (secondary N) is 1. The van der Waals surface area contributed by atoms with E-state index in [0.29, 0.717) is 5.56 Å². The fourth-order valence-electron chi connectivity index (χ4n) is 1.21. The van der Waals surface area contributed by atoms with Crippen molar-refractivity contribution in [3.63, 3.8) is 0 Å². The summed E-state index contributed by atoms with van der Waals surface area (Å²) < 4.78 is 37.8. The number of aryl methyl sites for hydroxylation is 1. The minimum Gasteiger partial charge on any atom is -0.350 e. The molecular weight excluding hydrogens is 235 g/mol. The summed E-state index contributed by atoms with van der Waals surface area (Å²) in [6, 6.07) is 2.68. The van der Waals surface area contributed by atoms with E-state index >= 15 is 0 Å². The van der Waals surface area contributed by atoms with E-state index in [1.54, 1.807) is 6.92 Å². The number of alkyl halides is 3. The molecule has 0 aliphatic rings. The highest BCUT2D eigenvalue weighted by Gasteiger charge is 2.32. The first-order valence-corrected chi connectivity index (χ1v) is 4.57. The average molecular weight is 245 g/mol. The van der Waals surface area contributed by atoms with Crippen LogP contribution in [0, 0.1) is 6.92 Å². The zero-order valence-electron chi connectivity index (χ0n) is 8.88. The molecule has 0 aliphatic heterocycles. The van der Waals surface area contributed by atoms with E-state index in [9.17, 15) is 18.0 Å². The van der Waals surface area contributed by atoms with Gasteiger partial charge in [0.2, 0.25) is 0 Å². The van der Waals surface area contributed by atoms with Gasteiger partial charge in [0.1, 0.15) is 0 Å². The smallest absolute Gasteiger partial charge is 0.350 e. The van der Waals surface area contributed by atoms with Crippen molar-refractivity contribution in [3.8, 4) is 0 Å². The minimum absolute atomic E-state index is 0.133. The first-order valence-electron chi connectivity index (χ1n) is 4.57. The second-order valence-electron chi connectivity index (χ2n) is 3.32. The van der Waals surface area contributed by atoms with Crippen molar-refractivity contribution in [2.24, 2.45) is 10.8 Å². The predicted octanol–water partition coefficient (Wildman–Crippen LogP) is 2.02. The summed E-state index contributed by atoms with van der Waals surface area (Å²) in [6.07, 6.45) is -3.57. The Kier molecular flexibility index (Phi) is 3.72. The number of rotatable bonds is 2. The van der Waals surface area contributed by atoms with Crippen LogP contribution in [0.5, 0.6) is 0 Å². The Labute approximate surface area is 95.3 Å². The summed E-state index contributed by atoms with van der Waals surface area (Å²) in [5.41, 5.74) is 6.25. The van der Waals surface area contributed by atoms with E-state index in [-0.39, 0.29) is 5.56 Å². The van der Waals surface area contributed by atoms with Gasteiger partial charge in [0.25, 0.3) is 0 Å². The van der Waals surface area contributed by atoms with Crippen LogP contribution >= 0.6 is 0 Å². The monoisotopic (exact) mass is 245 g/mol. The molecule has 0 saturated heterocycles. The number of carbonyl (C=O) groups is 1. The zero-order chi connectivity index (χ0) is 13.1. The number of primary amides is 1. The van der Waals surface area contributed by atoms with E-state index in [1.165, 1.54) is 12.1 Å². The first-order chi connectivity index (χ1) is 7.80. The van der Waals surface area contributed by atoms with Gasteiger partial charge in [-0.05, 0) is 19.1 Å². The van der Waals surface area contributed by atoms with Crippen LogP contribution in [-0.4, -0.2) is 12.2 Å². The molecule has 0 saturated carbocycles. The molecule has 0 spiro atoms. The second kappa shape index (κ2) is 4.86. The molecule has 17 heavy (non-hydrogen) atoms. The molecule has 2 amide bonds. The molecule has 92 valence electrons. The molecule has 1 aromatic carbocycles. The number of hydrazone groups is 1. The van der Waals surface area contributed by atoms with Crippen LogP contribution in [0.4, 0.5) is 18.0 Å². The van der Waals surface area contributed by atoms with E-state index < -0.39 is 17.8 Å². The van der Waals surface area contributed by atoms with Crippen LogP contribution in [-0.2, 0) is 6.18 Å². The van der Waals surface area contributed by atoms with Crippen molar-refractivity contribution in [2.75, 3.05) is 0 Å². The van der Waals surface area contributed by atoms with Crippen LogP contribution < -0.4 is 11.2 Å². The highest BCUT2D eigenvalue weighted by Crippen LogP contribution is 2.31. The van der Waals surface area contributed by atoms with Gasteiger partial charge < -0.3 is 5.73 Å². The zero-order valence-corrected chi connectivity index (χ0v) is 8.88. The van der Waals surface area contributed by atoms with Gasteiger partial charge in [-0.3, -0.25) is 0 Å². The Morgan fingerprint density at radius 2 is 2.12 bits per heavy atom. The highest BCUT2D eigenvalue weighted by molar-refractivity contribution is 5.83. The van der Waals surface area contributed by atoms with Crippen molar-refractivity contribution in [3.05, 3.63) is 34.9 Å². The van der Waals surface area contributed by atoms with Crippen LogP contribution in [0.15, 0.2) is 23.3 Å². The van der Waals surface area contributed by atoms with Crippen molar-refractivity contribution >= 4 is 12.2 Å². The van der Waals surface area contributed by atoms with Crippen molar-refractivity contribution in [1.82, 2.24) is 5.43 Å². The molecule has 0 atom stereocenters. The van der Waals surface area contributed by atoms with Crippen molar-refractivity contribution in [1.29, 1.82) is 0 Å². The molecule has 0 aromatic heterocycles. The number of benzene rings is 1. The third-order valence-electron chi connectivity index (χ3n) is 1.89. The molecule has 0 heterocycles. The highest BCUT2D eigenvalue weighted by atomic mass is 19.4. The SMILES string of the molecule is Cc1ccc(C(F)(F)F)c(C=NNC(N)=O)c1. The molecule has 1 aromatic rings. The van der Waals surface area contributed by atoms with Gasteiger partial charge in [-0.25, -0.2) is 10.2 Å². The lowest BCUT2D eigenvalue weighted by Gasteiger charge is -2.10. The van der Waals surface area contributed by atoms with E-state index in [0.717, 1.165) is 12.3 Å². The number of nitrogens with zero attached hydrogens (tertiary/aromatic N) is 1. The van der Waals surface area contributed by atoms with Crippen LogP contribution in [0.25, 0.3) is 0 Å². The maximum atomic E-state index is 12.6. The van der Waals surface area contributed by atoms with Gasteiger partial charge in [0.15, 0.2) is 0 Å². The summed E-state index contributed by atoms with van der Waals surface area (Å²) >= 11 is 0. The largest absolute Gasteiger partial charge is 0.417 e. The van der Waals surface area contributed by atoms with Gasteiger partial charge in [-0.1, -0.05) is 11.6 Å². The van der Waals surface area contributed by atoms with Crippen LogP contribution in [0.3, 0.4) is 0 Å². The Morgan fingerprint density at radius 1 is 1.47 bits per heavy atom. The van der Waals surface area contributed by atoms with Gasteiger partial charge in [-0.15, -0.1) is 0 Å². The Balaban J connectivity index is 3.08. The summed E-state index contributed by atoms with van der Waals surface area (Å²) in [6.45, 7) is 1.65. The fraction of sp³-hybridized carbons (Fsp3) is 0.200. The molecule has 1 rings (SSSR count). The van der Waals surface area contributed by atoms with Gasteiger partial charge in [0, 0.05) is 5.56 Å². The van der Waals surface area contributed by atoms with E-state index in [1.807, 2.05) is 5.43 Å². The average Bonchev–Trinajstić information content (AvgIpc) is 2.15. The molecule has 0 fully saturated rings. The van der Waals surface area contributed by atoms with Crippen molar-refractivity contribution < 1.29 is 18.0 Å². The third kappa shape index (κ3) is 3.78. The Hall–Kier alpha value is -2.05. The topological polar surface area (TPSA) is 67.5 Å². The Bertz CT molecular complexity index is 455. The maximum absolute atomic E-state index is 12.6. The predicted molar refractivity (Wildman–Crippen MR) is 56.5 cm³/mol. The lowest BCUT2D eigenvalue weighted by Crippen LogP contribution is -2.24. The molecule has 3 N–H and O–H groups in total. The van der Waals surface area contributed by atoms with Gasteiger partial charge >= 0.3 is 12.2 Å². The standard InChI is InChI=1S/C10H10F3N3O/c1-6-2-3-8(10(11,12)13)7(4-6)5-15-16-9(14)17/h2-5H,1H3,(H3,14,16,17). The lowest BCUT2D eigenvalue weighted by molar-refractivity contribution is -0.137. The summed E-state index contributed by atoms with van der Waals surface area (Å²) in [4.78, 5) is 10.3. The van der Waals surface area contributed by atoms with E-state index in [2.05, 4.69) is 5.10 Å². The number of hydrogen-bond acceptors (Lipinski definition) is 2. The van der Waals surface area contributed by atoms with Gasteiger partial charge in [-0.2, -0.15) is 18.3 Å². The van der Waals surface area contributed by atoms with Gasteiger partial charge in [0.05, 0.1) is 11.8 Å². The van der Waals surface area contributed by atoms with E-state index in [4.69, 9.17) is 5.73 Å². The summed E-state index contributed by atoms with van der Waals surface area (Å²) in [5.74, 6) is 0. The molecular formula is C10H10F3N3O. The number of nitrogens with two attached hydrogens (primary N) is 1. The fourth-order valence-corrected chi connectivity index (χ4v) is 1.21. The quantitative estimate of drug-likeness (QED) is 0.607. The summed E-state index contributed by atoms with van der Waals surface area (Å²) in [5, 5.41) is 3.31. The number of halogens is 3. The van der Waals surface area contributed by atoms with Crippen LogP contribution in [0.1, 0.15) is 16.7 Å². The molecule has 0 bridgehead atoms. The normalized spacial score (nSPS) is 11.8. The molecule has 0 unspecified atom stereocenters. The lowest BCUT2D eigenvalue weighted by atomic mass is 10.1. The molecule has 4 nitrogen and oxygen atoms in total. The van der Waals surface area contributed by atoms with Crippen LogP contribution in [0.2, 0.25) is 0 Å². The number of hydrogen-bond donors (Lipinski definition) is 2. The number of carbonyl (C=O) groups excluding carboxylic acids is 1. The molecule has 0 radical (unpaired) electrons. The second-order valence-corrected chi connectivity index (χ2v) is 3.32.